The molecule has 0 bridgehead atoms. The first-order valence-electron chi connectivity index (χ1n) is 9.76. The number of hydrogen-bond donors (Lipinski definition) is 1. The lowest BCUT2D eigenvalue weighted by Gasteiger charge is -2.10. The minimum absolute atomic E-state index is 0.0262. The maximum Gasteiger partial charge on any atom is 0.359 e. The van der Waals surface area contributed by atoms with Crippen molar-refractivity contribution in [3.63, 3.8) is 0 Å². The molecule has 0 aliphatic rings. The molecule has 0 fully saturated rings. The number of aromatic nitrogens is 2. The van der Waals surface area contributed by atoms with Gasteiger partial charge < -0.3 is 10.1 Å². The van der Waals surface area contributed by atoms with Crippen LogP contribution in [0.3, 0.4) is 0 Å². The van der Waals surface area contributed by atoms with Gasteiger partial charge in [0.15, 0.2) is 5.69 Å². The molecule has 2 aromatic carbocycles. The number of carbonyl (C=O) groups is 2. The Kier molecular flexibility index (Phi) is 6.63. The van der Waals surface area contributed by atoms with Crippen LogP contribution in [-0.4, -0.2) is 28.3 Å². The van der Waals surface area contributed by atoms with E-state index in [4.69, 9.17) is 4.74 Å². The molecule has 0 unspecified atom stereocenters. The summed E-state index contributed by atoms with van der Waals surface area (Å²) in [6.07, 6.45) is 2.94. The second-order valence-corrected chi connectivity index (χ2v) is 6.82. The van der Waals surface area contributed by atoms with E-state index in [1.54, 1.807) is 13.1 Å². The average molecular weight is 414 g/mol. The summed E-state index contributed by atoms with van der Waals surface area (Å²) >= 11 is 0. The average Bonchev–Trinajstić information content (AvgIpc) is 3.19. The van der Waals surface area contributed by atoms with E-state index >= 15 is 0 Å². The summed E-state index contributed by atoms with van der Waals surface area (Å²) in [7, 11) is 0. The fourth-order valence-electron chi connectivity index (χ4n) is 3.06. The Morgan fingerprint density at radius 1 is 1.13 bits per heavy atom. The molecule has 0 spiro atoms. The third-order valence-electron chi connectivity index (χ3n) is 4.62. The van der Waals surface area contributed by atoms with Gasteiger partial charge in [-0.2, -0.15) is 10.4 Å². The molecule has 7 heteroatoms. The largest absolute Gasteiger partial charge is 0.461 e. The topological polar surface area (TPSA) is 97.0 Å². The third-order valence-corrected chi connectivity index (χ3v) is 4.62. The number of rotatable bonds is 6. The minimum atomic E-state index is -0.629. The first kappa shape index (κ1) is 21.5. The van der Waals surface area contributed by atoms with E-state index in [1.807, 2.05) is 68.4 Å². The number of ether oxygens (including phenoxy) is 1. The van der Waals surface area contributed by atoms with Gasteiger partial charge in [0.05, 0.1) is 12.3 Å². The van der Waals surface area contributed by atoms with E-state index < -0.39 is 11.9 Å². The smallest absolute Gasteiger partial charge is 0.359 e. The molecule has 0 saturated carbocycles. The van der Waals surface area contributed by atoms with E-state index in [1.165, 1.54) is 10.8 Å². The minimum Gasteiger partial charge on any atom is -0.461 e. The molecule has 3 rings (SSSR count). The zero-order valence-corrected chi connectivity index (χ0v) is 17.5. The number of nitrogens with one attached hydrogen (secondary N) is 1. The van der Waals surface area contributed by atoms with Crippen molar-refractivity contribution in [2.45, 2.75) is 20.8 Å². The van der Waals surface area contributed by atoms with Crippen molar-refractivity contribution in [3.05, 3.63) is 82.7 Å². The molecule has 156 valence electrons. The number of aryl methyl sites for hydroxylation is 2. The van der Waals surface area contributed by atoms with Crippen molar-refractivity contribution in [1.29, 1.82) is 5.26 Å². The third kappa shape index (κ3) is 4.87. The van der Waals surface area contributed by atoms with Crippen LogP contribution in [0, 0.1) is 25.2 Å². The maximum absolute atomic E-state index is 12.8. The van der Waals surface area contributed by atoms with Crippen molar-refractivity contribution in [2.24, 2.45) is 0 Å². The summed E-state index contributed by atoms with van der Waals surface area (Å²) in [5.74, 6) is -1.20. The molecule has 1 N–H and O–H groups in total. The number of hydrogen-bond acceptors (Lipinski definition) is 5. The van der Waals surface area contributed by atoms with Gasteiger partial charge in [0, 0.05) is 17.4 Å². The van der Waals surface area contributed by atoms with Crippen LogP contribution < -0.4 is 5.32 Å². The van der Waals surface area contributed by atoms with Crippen LogP contribution in [-0.2, 0) is 9.53 Å². The highest BCUT2D eigenvalue weighted by atomic mass is 16.5. The maximum atomic E-state index is 12.8. The number of benzene rings is 2. The Labute approximate surface area is 180 Å². The monoisotopic (exact) mass is 414 g/mol. The Morgan fingerprint density at radius 2 is 1.81 bits per heavy atom. The Morgan fingerprint density at radius 3 is 2.42 bits per heavy atom. The van der Waals surface area contributed by atoms with Crippen LogP contribution in [0.2, 0.25) is 0 Å². The second kappa shape index (κ2) is 9.55. The van der Waals surface area contributed by atoms with Gasteiger partial charge >= 0.3 is 5.97 Å². The van der Waals surface area contributed by atoms with Crippen LogP contribution in [0.25, 0.3) is 11.8 Å². The van der Waals surface area contributed by atoms with Gasteiger partial charge in [-0.15, -0.1) is 0 Å². The van der Waals surface area contributed by atoms with E-state index in [9.17, 15) is 14.9 Å². The molecule has 7 nitrogen and oxygen atoms in total. The van der Waals surface area contributed by atoms with Gasteiger partial charge in [-0.1, -0.05) is 36.4 Å². The van der Waals surface area contributed by atoms with Crippen molar-refractivity contribution >= 4 is 23.6 Å². The Balaban J connectivity index is 2.00. The van der Waals surface area contributed by atoms with Crippen LogP contribution >= 0.6 is 0 Å². The summed E-state index contributed by atoms with van der Waals surface area (Å²) in [5, 5.41) is 16.7. The highest BCUT2D eigenvalue weighted by molar-refractivity contribution is 6.10. The number of nitrogens with zero attached hydrogens (tertiary/aromatic N) is 3. The van der Waals surface area contributed by atoms with Crippen LogP contribution in [0.4, 0.5) is 5.69 Å². The van der Waals surface area contributed by atoms with Gasteiger partial charge in [0.25, 0.3) is 5.91 Å². The fraction of sp³-hybridized carbons (Fsp3) is 0.167. The number of amides is 1. The number of anilines is 1. The zero-order chi connectivity index (χ0) is 22.4. The summed E-state index contributed by atoms with van der Waals surface area (Å²) < 4.78 is 6.60. The molecule has 0 saturated heterocycles. The van der Waals surface area contributed by atoms with Gasteiger partial charge in [-0.05, 0) is 50.1 Å². The second-order valence-electron chi connectivity index (χ2n) is 6.82. The summed E-state index contributed by atoms with van der Waals surface area (Å²) in [6.45, 7) is 5.63. The molecule has 1 aromatic heterocycles. The van der Waals surface area contributed by atoms with Crippen molar-refractivity contribution in [2.75, 3.05) is 11.9 Å². The van der Waals surface area contributed by atoms with Gasteiger partial charge in [0.2, 0.25) is 0 Å². The van der Waals surface area contributed by atoms with E-state index in [0.29, 0.717) is 11.3 Å². The SMILES string of the molecule is CCOC(=O)c1nn(-c2ccccc2)cc1/C=C(/C#N)C(=O)Nc1c(C)cccc1C. The molecular weight excluding hydrogens is 392 g/mol. The van der Waals surface area contributed by atoms with Crippen molar-refractivity contribution < 1.29 is 14.3 Å². The van der Waals surface area contributed by atoms with E-state index in [-0.39, 0.29) is 17.9 Å². The number of esters is 1. The number of carbonyl (C=O) groups excluding carboxylic acids is 2. The van der Waals surface area contributed by atoms with Gasteiger partial charge in [0.1, 0.15) is 11.6 Å². The summed E-state index contributed by atoms with van der Waals surface area (Å²) in [5.41, 5.74) is 3.34. The lowest BCUT2D eigenvalue weighted by molar-refractivity contribution is -0.112. The Bertz CT molecular complexity index is 1170. The summed E-state index contributed by atoms with van der Waals surface area (Å²) in [6, 6.07) is 16.8. The fourth-order valence-corrected chi connectivity index (χ4v) is 3.06. The molecule has 0 aliphatic heterocycles. The normalized spacial score (nSPS) is 11.0. The van der Waals surface area contributed by atoms with Crippen LogP contribution in [0.15, 0.2) is 60.3 Å². The lowest BCUT2D eigenvalue weighted by atomic mass is 10.1. The molecule has 1 amide bonds. The lowest BCUT2D eigenvalue weighted by Crippen LogP contribution is -2.15. The highest BCUT2D eigenvalue weighted by Gasteiger charge is 2.20. The molecule has 1 heterocycles. The first-order valence-corrected chi connectivity index (χ1v) is 9.76. The Hall–Kier alpha value is -4.18. The standard InChI is InChI=1S/C24H22N4O3/c1-4-31-24(30)22-19(15-28(27-22)20-11-6-5-7-12-20)13-18(14-25)23(29)26-21-16(2)9-8-10-17(21)3/h5-13,15H,4H2,1-3H3,(H,26,29)/b18-13-. The summed E-state index contributed by atoms with van der Waals surface area (Å²) in [4.78, 5) is 25.2. The van der Waals surface area contributed by atoms with Gasteiger partial charge in [-0.25, -0.2) is 9.48 Å². The number of nitriles is 1. The molecule has 31 heavy (non-hydrogen) atoms. The molecule has 0 radical (unpaired) electrons. The molecule has 0 aliphatic carbocycles. The first-order chi connectivity index (χ1) is 14.9. The van der Waals surface area contributed by atoms with Crippen molar-refractivity contribution in [1.82, 2.24) is 9.78 Å². The molecule has 3 aromatic rings. The quantitative estimate of drug-likeness (QED) is 0.370. The predicted octanol–water partition coefficient (Wildman–Crippen LogP) is 4.21. The number of para-hydroxylation sites is 2. The molecule has 0 atom stereocenters. The van der Waals surface area contributed by atoms with Crippen LogP contribution in [0.1, 0.15) is 34.1 Å². The van der Waals surface area contributed by atoms with E-state index in [2.05, 4.69) is 10.4 Å². The predicted molar refractivity (Wildman–Crippen MR) is 118 cm³/mol. The molecular formula is C24H22N4O3. The van der Waals surface area contributed by atoms with Crippen molar-refractivity contribution in [3.8, 4) is 11.8 Å². The zero-order valence-electron chi connectivity index (χ0n) is 17.5. The van der Waals surface area contributed by atoms with Gasteiger partial charge in [-0.3, -0.25) is 4.79 Å². The highest BCUT2D eigenvalue weighted by Crippen LogP contribution is 2.21. The van der Waals surface area contributed by atoms with E-state index in [0.717, 1.165) is 16.8 Å². The van der Waals surface area contributed by atoms with Crippen LogP contribution in [0.5, 0.6) is 0 Å².